The molecule has 0 fully saturated rings. The summed E-state index contributed by atoms with van der Waals surface area (Å²) in [7, 11) is 1.57. The van der Waals surface area contributed by atoms with Crippen molar-refractivity contribution < 1.29 is 9.15 Å². The zero-order valence-electron chi connectivity index (χ0n) is 11.2. The van der Waals surface area contributed by atoms with Gasteiger partial charge in [-0.25, -0.2) is 0 Å². The van der Waals surface area contributed by atoms with Crippen LogP contribution in [0.3, 0.4) is 0 Å². The molecule has 0 bridgehead atoms. The van der Waals surface area contributed by atoms with Crippen LogP contribution < -0.4 is 10.1 Å². The molecule has 1 N–H and O–H groups in total. The minimum Gasteiger partial charge on any atom is -0.495 e. The molecule has 21 heavy (non-hydrogen) atoms. The number of benzene rings is 1. The number of nitrogens with zero attached hydrogens (tertiary/aromatic N) is 2. The van der Waals surface area contributed by atoms with E-state index in [1.807, 2.05) is 23.6 Å². The van der Waals surface area contributed by atoms with Gasteiger partial charge in [-0.05, 0) is 29.6 Å². The predicted molar refractivity (Wildman–Crippen MR) is 82.7 cm³/mol. The molecule has 2 aromatic heterocycles. The van der Waals surface area contributed by atoms with Crippen molar-refractivity contribution in [2.75, 3.05) is 12.4 Å². The van der Waals surface area contributed by atoms with Gasteiger partial charge in [0.15, 0.2) is 0 Å². The quantitative estimate of drug-likeness (QED) is 0.765. The van der Waals surface area contributed by atoms with Gasteiger partial charge in [0.05, 0.1) is 18.6 Å². The smallest absolute Gasteiger partial charge is 0.320 e. The van der Waals surface area contributed by atoms with Crippen LogP contribution in [0.25, 0.3) is 0 Å². The maximum atomic E-state index is 6.07. The van der Waals surface area contributed by atoms with Crippen molar-refractivity contribution in [3.8, 4) is 5.75 Å². The summed E-state index contributed by atoms with van der Waals surface area (Å²) in [5.41, 5.74) is 0.757. The normalized spacial score (nSPS) is 10.6. The lowest BCUT2D eigenvalue weighted by Crippen LogP contribution is -1.91. The standard InChI is InChI=1S/C14H12ClN3O2S/c1-19-12-5-4-9(7-11(12)15)16-14-18-17-13(20-14)8-10-3-2-6-21-10/h2-7H,8H2,1H3,(H,16,18). The molecule has 1 aromatic carbocycles. The molecule has 0 atom stereocenters. The lowest BCUT2D eigenvalue weighted by Gasteiger charge is -2.05. The third-order valence-electron chi connectivity index (χ3n) is 2.78. The van der Waals surface area contributed by atoms with E-state index in [1.165, 1.54) is 4.88 Å². The minimum atomic E-state index is 0.336. The number of thiophene rings is 1. The Morgan fingerprint density at radius 2 is 2.24 bits per heavy atom. The van der Waals surface area contributed by atoms with Gasteiger partial charge in [-0.1, -0.05) is 22.8 Å². The molecule has 0 saturated heterocycles. The predicted octanol–water partition coefficient (Wildman–Crippen LogP) is 4.13. The fourth-order valence-electron chi connectivity index (χ4n) is 1.81. The average molecular weight is 322 g/mol. The van der Waals surface area contributed by atoms with Crippen LogP contribution in [0, 0.1) is 0 Å². The maximum Gasteiger partial charge on any atom is 0.320 e. The zero-order chi connectivity index (χ0) is 14.7. The van der Waals surface area contributed by atoms with E-state index in [1.54, 1.807) is 30.6 Å². The van der Waals surface area contributed by atoms with Gasteiger partial charge in [-0.15, -0.1) is 16.4 Å². The summed E-state index contributed by atoms with van der Waals surface area (Å²) in [6.45, 7) is 0. The number of aromatic nitrogens is 2. The SMILES string of the molecule is COc1ccc(Nc2nnc(Cc3cccs3)o2)cc1Cl. The van der Waals surface area contributed by atoms with E-state index in [0.29, 0.717) is 29.1 Å². The van der Waals surface area contributed by atoms with E-state index in [4.69, 9.17) is 20.8 Å². The first-order chi connectivity index (χ1) is 10.2. The largest absolute Gasteiger partial charge is 0.495 e. The van der Waals surface area contributed by atoms with Gasteiger partial charge >= 0.3 is 6.01 Å². The van der Waals surface area contributed by atoms with E-state index in [9.17, 15) is 0 Å². The Balaban J connectivity index is 1.70. The molecule has 0 radical (unpaired) electrons. The fraction of sp³-hybridized carbons (Fsp3) is 0.143. The topological polar surface area (TPSA) is 60.2 Å². The first-order valence-corrected chi connectivity index (χ1v) is 7.45. The summed E-state index contributed by atoms with van der Waals surface area (Å²) >= 11 is 7.72. The van der Waals surface area contributed by atoms with E-state index >= 15 is 0 Å². The van der Waals surface area contributed by atoms with Gasteiger partial charge in [0, 0.05) is 10.6 Å². The van der Waals surface area contributed by atoms with E-state index in [2.05, 4.69) is 15.5 Å². The second kappa shape index (κ2) is 6.15. The van der Waals surface area contributed by atoms with Crippen LogP contribution in [-0.2, 0) is 6.42 Å². The molecule has 3 aromatic rings. The maximum absolute atomic E-state index is 6.07. The Morgan fingerprint density at radius 3 is 2.95 bits per heavy atom. The summed E-state index contributed by atoms with van der Waals surface area (Å²) in [4.78, 5) is 1.18. The molecule has 0 aliphatic heterocycles. The van der Waals surface area contributed by atoms with Crippen molar-refractivity contribution in [1.29, 1.82) is 0 Å². The third kappa shape index (κ3) is 3.34. The van der Waals surface area contributed by atoms with Gasteiger partial charge in [0.25, 0.3) is 0 Å². The lowest BCUT2D eigenvalue weighted by molar-refractivity contribution is 0.415. The van der Waals surface area contributed by atoms with Gasteiger partial charge in [0.2, 0.25) is 5.89 Å². The summed E-state index contributed by atoms with van der Waals surface area (Å²) in [5, 5.41) is 13.5. The van der Waals surface area contributed by atoms with Crippen LogP contribution >= 0.6 is 22.9 Å². The van der Waals surface area contributed by atoms with Crippen LogP contribution in [0.1, 0.15) is 10.8 Å². The van der Waals surface area contributed by atoms with Crippen LogP contribution in [0.5, 0.6) is 5.75 Å². The molecular formula is C14H12ClN3O2S. The van der Waals surface area contributed by atoms with Crippen LogP contribution in [0.2, 0.25) is 5.02 Å². The van der Waals surface area contributed by atoms with Crippen molar-refractivity contribution in [2.45, 2.75) is 6.42 Å². The highest BCUT2D eigenvalue weighted by Gasteiger charge is 2.09. The Hall–Kier alpha value is -2.05. The first kappa shape index (κ1) is 13.9. The number of methoxy groups -OCH3 is 1. The number of ether oxygens (including phenoxy) is 1. The van der Waals surface area contributed by atoms with Crippen molar-refractivity contribution in [3.63, 3.8) is 0 Å². The number of nitrogens with one attached hydrogen (secondary N) is 1. The second-order valence-electron chi connectivity index (χ2n) is 4.23. The molecule has 0 spiro atoms. The van der Waals surface area contributed by atoms with Gasteiger partial charge in [-0.3, -0.25) is 0 Å². The fourth-order valence-corrected chi connectivity index (χ4v) is 2.76. The molecule has 108 valence electrons. The van der Waals surface area contributed by atoms with Gasteiger partial charge in [0.1, 0.15) is 5.75 Å². The van der Waals surface area contributed by atoms with Crippen molar-refractivity contribution in [2.24, 2.45) is 0 Å². The van der Waals surface area contributed by atoms with Crippen molar-refractivity contribution in [1.82, 2.24) is 10.2 Å². The lowest BCUT2D eigenvalue weighted by atomic mass is 10.3. The van der Waals surface area contributed by atoms with Crippen molar-refractivity contribution >= 4 is 34.6 Å². The van der Waals surface area contributed by atoms with E-state index in [-0.39, 0.29) is 0 Å². The molecule has 2 heterocycles. The Bertz CT molecular complexity index is 728. The molecular weight excluding hydrogens is 310 g/mol. The third-order valence-corrected chi connectivity index (χ3v) is 3.95. The van der Waals surface area contributed by atoms with E-state index in [0.717, 1.165) is 5.69 Å². The molecule has 0 saturated carbocycles. The van der Waals surface area contributed by atoms with Crippen molar-refractivity contribution in [3.05, 3.63) is 51.5 Å². The number of halogens is 1. The molecule has 3 rings (SSSR count). The molecule has 7 heteroatoms. The van der Waals surface area contributed by atoms with E-state index < -0.39 is 0 Å². The van der Waals surface area contributed by atoms with Gasteiger partial charge < -0.3 is 14.5 Å². The molecule has 0 unspecified atom stereocenters. The van der Waals surface area contributed by atoms with Crippen LogP contribution in [0.4, 0.5) is 11.7 Å². The van der Waals surface area contributed by atoms with Crippen LogP contribution in [0.15, 0.2) is 40.1 Å². The summed E-state index contributed by atoms with van der Waals surface area (Å²) in [5.74, 6) is 1.19. The minimum absolute atomic E-state index is 0.336. The first-order valence-electron chi connectivity index (χ1n) is 6.20. The molecule has 5 nitrogen and oxygen atoms in total. The highest BCUT2D eigenvalue weighted by Crippen LogP contribution is 2.28. The number of hydrogen-bond acceptors (Lipinski definition) is 6. The molecule has 0 aliphatic rings. The van der Waals surface area contributed by atoms with Gasteiger partial charge in [-0.2, -0.15) is 0 Å². The highest BCUT2D eigenvalue weighted by atomic mass is 35.5. The molecule has 0 aliphatic carbocycles. The highest BCUT2D eigenvalue weighted by molar-refractivity contribution is 7.09. The monoisotopic (exact) mass is 321 g/mol. The van der Waals surface area contributed by atoms with Crippen LogP contribution in [-0.4, -0.2) is 17.3 Å². The number of rotatable bonds is 5. The average Bonchev–Trinajstić information content (AvgIpc) is 3.12. The zero-order valence-corrected chi connectivity index (χ0v) is 12.7. The summed E-state index contributed by atoms with van der Waals surface area (Å²) in [6.07, 6.45) is 0.635. The summed E-state index contributed by atoms with van der Waals surface area (Å²) < 4.78 is 10.7. The number of hydrogen-bond donors (Lipinski definition) is 1. The summed E-state index contributed by atoms with van der Waals surface area (Å²) in [6, 6.07) is 9.70. The molecule has 0 amide bonds. The number of anilines is 2. The Morgan fingerprint density at radius 1 is 1.33 bits per heavy atom. The second-order valence-corrected chi connectivity index (χ2v) is 5.67. The Kier molecular flexibility index (Phi) is 4.08. The Labute approximate surface area is 130 Å².